The first-order valence-electron chi connectivity index (χ1n) is 8.84. The number of carbonyl (C=O) groups is 2. The minimum Gasteiger partial charge on any atom is -0.324 e. The number of amides is 2. The lowest BCUT2D eigenvalue weighted by Gasteiger charge is -2.31. The fourth-order valence-electron chi connectivity index (χ4n) is 3.48. The Morgan fingerprint density at radius 2 is 1.62 bits per heavy atom. The Morgan fingerprint density at radius 3 is 2.34 bits per heavy atom. The Labute approximate surface area is 183 Å². The number of carbonyl (C=O) groups excluding carboxylic acids is 2. The molecular weight excluding hydrogens is 431 g/mol. The fourth-order valence-corrected chi connectivity index (χ4v) is 4.15. The van der Waals surface area contributed by atoms with Crippen molar-refractivity contribution in [3.05, 3.63) is 98.5 Å². The molecule has 1 heterocycles. The third-order valence-electron chi connectivity index (χ3n) is 4.75. The zero-order chi connectivity index (χ0) is 20.5. The van der Waals surface area contributed by atoms with Gasteiger partial charge in [-0.3, -0.25) is 9.59 Å². The largest absolute Gasteiger partial charge is 0.324 e. The Hall–Kier alpha value is -2.53. The SMILES string of the molecule is O=C1CN(C(=O)c2ccc(Cl)cc2Cl)[C@H](c2ccccc2)c2cc(Cl)ccc2N1. The van der Waals surface area contributed by atoms with E-state index in [1.54, 1.807) is 30.3 Å². The summed E-state index contributed by atoms with van der Waals surface area (Å²) in [7, 11) is 0. The second-order valence-electron chi connectivity index (χ2n) is 6.65. The molecule has 7 heteroatoms. The van der Waals surface area contributed by atoms with Crippen molar-refractivity contribution < 1.29 is 9.59 Å². The van der Waals surface area contributed by atoms with E-state index in [1.807, 2.05) is 30.3 Å². The van der Waals surface area contributed by atoms with Gasteiger partial charge in [0.15, 0.2) is 0 Å². The lowest BCUT2D eigenvalue weighted by Crippen LogP contribution is -2.39. The van der Waals surface area contributed by atoms with E-state index < -0.39 is 6.04 Å². The second kappa shape index (κ2) is 8.07. The standard InChI is InChI=1S/C22H15Cl3N2O2/c23-14-7-9-19-17(10-14)21(13-4-2-1-3-5-13)27(12-20(28)26-19)22(29)16-8-6-15(24)11-18(16)25/h1-11,21H,12H2,(H,26,28)/t21-/m1/s1. The fraction of sp³-hybridized carbons (Fsp3) is 0.0909. The highest BCUT2D eigenvalue weighted by Gasteiger charge is 2.34. The van der Waals surface area contributed by atoms with Gasteiger partial charge in [-0.2, -0.15) is 0 Å². The number of anilines is 1. The normalized spacial score (nSPS) is 16.0. The highest BCUT2D eigenvalue weighted by molar-refractivity contribution is 6.36. The van der Waals surface area contributed by atoms with E-state index in [-0.39, 0.29) is 28.9 Å². The van der Waals surface area contributed by atoms with Gasteiger partial charge in [0.05, 0.1) is 16.6 Å². The summed E-state index contributed by atoms with van der Waals surface area (Å²) in [6, 6.07) is 18.9. The molecule has 0 aliphatic carbocycles. The van der Waals surface area contributed by atoms with Crippen LogP contribution in [0.25, 0.3) is 0 Å². The van der Waals surface area contributed by atoms with Crippen LogP contribution in [-0.2, 0) is 4.79 Å². The molecule has 146 valence electrons. The van der Waals surface area contributed by atoms with E-state index in [0.29, 0.717) is 15.7 Å². The van der Waals surface area contributed by atoms with Gasteiger partial charge in [0, 0.05) is 21.3 Å². The van der Waals surface area contributed by atoms with Crippen LogP contribution < -0.4 is 5.32 Å². The average Bonchev–Trinajstić information content (AvgIpc) is 2.84. The highest BCUT2D eigenvalue weighted by atomic mass is 35.5. The smallest absolute Gasteiger partial charge is 0.256 e. The van der Waals surface area contributed by atoms with Gasteiger partial charge in [-0.05, 0) is 42.0 Å². The van der Waals surface area contributed by atoms with Crippen LogP contribution in [0.2, 0.25) is 15.1 Å². The van der Waals surface area contributed by atoms with Gasteiger partial charge in [0.2, 0.25) is 5.91 Å². The number of fused-ring (bicyclic) bond motifs is 1. The first-order valence-corrected chi connectivity index (χ1v) is 9.97. The molecule has 0 unspecified atom stereocenters. The lowest BCUT2D eigenvalue weighted by molar-refractivity contribution is -0.117. The summed E-state index contributed by atoms with van der Waals surface area (Å²) in [5.41, 5.74) is 2.47. The molecule has 0 bridgehead atoms. The van der Waals surface area contributed by atoms with Gasteiger partial charge in [-0.1, -0.05) is 65.1 Å². The molecule has 0 fully saturated rings. The van der Waals surface area contributed by atoms with Crippen LogP contribution in [0.4, 0.5) is 5.69 Å². The number of nitrogens with one attached hydrogen (secondary N) is 1. The Morgan fingerprint density at radius 1 is 0.931 bits per heavy atom. The Bertz CT molecular complexity index is 1100. The zero-order valence-corrected chi connectivity index (χ0v) is 17.3. The molecular formula is C22H15Cl3N2O2. The monoisotopic (exact) mass is 444 g/mol. The Kier molecular flexibility index (Phi) is 5.50. The van der Waals surface area contributed by atoms with Crippen molar-refractivity contribution in [3.8, 4) is 0 Å². The molecule has 29 heavy (non-hydrogen) atoms. The van der Waals surface area contributed by atoms with Crippen LogP contribution >= 0.6 is 34.8 Å². The number of rotatable bonds is 2. The predicted molar refractivity (Wildman–Crippen MR) is 116 cm³/mol. The molecule has 1 aliphatic rings. The maximum absolute atomic E-state index is 13.5. The van der Waals surface area contributed by atoms with E-state index in [0.717, 1.165) is 11.1 Å². The van der Waals surface area contributed by atoms with Crippen molar-refractivity contribution in [1.82, 2.24) is 4.90 Å². The molecule has 2 amide bonds. The summed E-state index contributed by atoms with van der Waals surface area (Å²) >= 11 is 18.5. The number of benzene rings is 3. The summed E-state index contributed by atoms with van der Waals surface area (Å²) < 4.78 is 0. The summed E-state index contributed by atoms with van der Waals surface area (Å²) in [6.45, 7) is -0.135. The van der Waals surface area contributed by atoms with Crippen molar-refractivity contribution in [3.63, 3.8) is 0 Å². The van der Waals surface area contributed by atoms with E-state index in [4.69, 9.17) is 34.8 Å². The van der Waals surface area contributed by atoms with Crippen molar-refractivity contribution in [2.24, 2.45) is 0 Å². The van der Waals surface area contributed by atoms with Crippen LogP contribution in [0.1, 0.15) is 27.5 Å². The molecule has 0 saturated carbocycles. The topological polar surface area (TPSA) is 49.4 Å². The number of nitrogens with zero attached hydrogens (tertiary/aromatic N) is 1. The molecule has 4 nitrogen and oxygen atoms in total. The van der Waals surface area contributed by atoms with Crippen LogP contribution in [-0.4, -0.2) is 23.3 Å². The van der Waals surface area contributed by atoms with Gasteiger partial charge in [-0.25, -0.2) is 0 Å². The molecule has 0 radical (unpaired) electrons. The van der Waals surface area contributed by atoms with Crippen molar-refractivity contribution in [1.29, 1.82) is 0 Å². The van der Waals surface area contributed by atoms with Gasteiger partial charge in [0.25, 0.3) is 5.91 Å². The van der Waals surface area contributed by atoms with Crippen LogP contribution in [0.15, 0.2) is 66.7 Å². The molecule has 1 atom stereocenters. The van der Waals surface area contributed by atoms with Crippen LogP contribution in [0, 0.1) is 0 Å². The average molecular weight is 446 g/mol. The minimum atomic E-state index is -0.525. The van der Waals surface area contributed by atoms with Gasteiger partial charge in [-0.15, -0.1) is 0 Å². The summed E-state index contributed by atoms with van der Waals surface area (Å²) in [5.74, 6) is -0.672. The predicted octanol–water partition coefficient (Wildman–Crippen LogP) is 5.83. The molecule has 1 aliphatic heterocycles. The number of halogens is 3. The number of hydrogen-bond acceptors (Lipinski definition) is 2. The van der Waals surface area contributed by atoms with Gasteiger partial charge < -0.3 is 10.2 Å². The van der Waals surface area contributed by atoms with Crippen LogP contribution in [0.3, 0.4) is 0 Å². The highest BCUT2D eigenvalue weighted by Crippen LogP contribution is 2.38. The Balaban J connectivity index is 1.90. The van der Waals surface area contributed by atoms with E-state index in [9.17, 15) is 9.59 Å². The third kappa shape index (κ3) is 3.97. The van der Waals surface area contributed by atoms with Crippen LogP contribution in [0.5, 0.6) is 0 Å². The third-order valence-corrected chi connectivity index (χ3v) is 5.53. The molecule has 3 aromatic carbocycles. The molecule has 3 aromatic rings. The second-order valence-corrected chi connectivity index (χ2v) is 7.93. The molecule has 1 N–H and O–H groups in total. The molecule has 0 aromatic heterocycles. The molecule has 4 rings (SSSR count). The first kappa shape index (κ1) is 19.8. The summed E-state index contributed by atoms with van der Waals surface area (Å²) in [4.78, 5) is 27.6. The van der Waals surface area contributed by atoms with Crippen molar-refractivity contribution in [2.45, 2.75) is 6.04 Å². The van der Waals surface area contributed by atoms with E-state index in [2.05, 4.69) is 5.32 Å². The summed E-state index contributed by atoms with van der Waals surface area (Å²) in [6.07, 6.45) is 0. The van der Waals surface area contributed by atoms with Gasteiger partial charge >= 0.3 is 0 Å². The lowest BCUT2D eigenvalue weighted by atomic mass is 9.95. The van der Waals surface area contributed by atoms with E-state index in [1.165, 1.54) is 11.0 Å². The molecule has 0 spiro atoms. The van der Waals surface area contributed by atoms with Crippen molar-refractivity contribution >= 4 is 52.3 Å². The van der Waals surface area contributed by atoms with E-state index >= 15 is 0 Å². The maximum atomic E-state index is 13.5. The summed E-state index contributed by atoms with van der Waals surface area (Å²) in [5, 5.41) is 4.03. The number of hydrogen-bond donors (Lipinski definition) is 1. The first-order chi connectivity index (χ1) is 13.9. The van der Waals surface area contributed by atoms with Gasteiger partial charge in [0.1, 0.15) is 6.54 Å². The van der Waals surface area contributed by atoms with Crippen molar-refractivity contribution in [2.75, 3.05) is 11.9 Å². The minimum absolute atomic E-state index is 0.135. The maximum Gasteiger partial charge on any atom is 0.256 e. The molecule has 0 saturated heterocycles. The quantitative estimate of drug-likeness (QED) is 0.539. The zero-order valence-electron chi connectivity index (χ0n) is 15.0.